The minimum Gasteiger partial charge on any atom is -0.444 e. The van der Waals surface area contributed by atoms with Crippen LogP contribution in [0.3, 0.4) is 0 Å². The van der Waals surface area contributed by atoms with Gasteiger partial charge in [-0.05, 0) is 20.8 Å². The van der Waals surface area contributed by atoms with Crippen LogP contribution in [0.25, 0.3) is 0 Å². The molecule has 1 rings (SSSR count). The monoisotopic (exact) mass is 228 g/mol. The van der Waals surface area contributed by atoms with Gasteiger partial charge in [0.1, 0.15) is 23.9 Å². The summed E-state index contributed by atoms with van der Waals surface area (Å²) in [5.74, 6) is 1.73. The van der Waals surface area contributed by atoms with Crippen molar-refractivity contribution in [2.75, 3.05) is 13.7 Å². The van der Waals surface area contributed by atoms with Gasteiger partial charge in [-0.3, -0.25) is 4.84 Å². The molecule has 0 bridgehead atoms. The van der Waals surface area contributed by atoms with Gasteiger partial charge < -0.3 is 10.1 Å². The standard InChI is InChI=1S/C10H16N2O4/c1-10(2,3)16-9(14)11-7-6-15-12(4)8(7)5-13/h7H,6H2,1-4H3,(H,11,14)/t7-/m0/s1. The van der Waals surface area contributed by atoms with Gasteiger partial charge in [-0.1, -0.05) is 0 Å². The second kappa shape index (κ2) is 4.55. The molecule has 90 valence electrons. The first kappa shape index (κ1) is 12.5. The van der Waals surface area contributed by atoms with Crippen LogP contribution in [0.1, 0.15) is 20.8 Å². The smallest absolute Gasteiger partial charge is 0.408 e. The fourth-order valence-electron chi connectivity index (χ4n) is 1.25. The number of hydroxylamine groups is 2. The number of carbonyl (C=O) groups excluding carboxylic acids is 2. The van der Waals surface area contributed by atoms with Crippen molar-refractivity contribution in [2.45, 2.75) is 32.4 Å². The first-order valence-corrected chi connectivity index (χ1v) is 4.94. The Labute approximate surface area is 94.1 Å². The Morgan fingerprint density at radius 3 is 2.75 bits per heavy atom. The average Bonchev–Trinajstić information content (AvgIpc) is 2.43. The Morgan fingerprint density at radius 1 is 1.62 bits per heavy atom. The predicted molar refractivity (Wildman–Crippen MR) is 56.1 cm³/mol. The molecular formula is C10H16N2O4. The molecule has 0 spiro atoms. The van der Waals surface area contributed by atoms with Crippen LogP contribution in [0.15, 0.2) is 5.70 Å². The minimum absolute atomic E-state index is 0.209. The second-order valence-electron chi connectivity index (χ2n) is 4.48. The molecule has 16 heavy (non-hydrogen) atoms. The lowest BCUT2D eigenvalue weighted by atomic mass is 10.2. The lowest BCUT2D eigenvalue weighted by Crippen LogP contribution is -2.40. The van der Waals surface area contributed by atoms with Gasteiger partial charge in [0.2, 0.25) is 0 Å². The van der Waals surface area contributed by atoms with E-state index in [1.54, 1.807) is 33.8 Å². The quantitative estimate of drug-likeness (QED) is 0.661. The topological polar surface area (TPSA) is 67.9 Å². The van der Waals surface area contributed by atoms with Crippen LogP contribution in [0.5, 0.6) is 0 Å². The van der Waals surface area contributed by atoms with Crippen LogP contribution >= 0.6 is 0 Å². The molecular weight excluding hydrogens is 212 g/mol. The van der Waals surface area contributed by atoms with Gasteiger partial charge in [-0.25, -0.2) is 14.7 Å². The van der Waals surface area contributed by atoms with Crippen molar-refractivity contribution in [1.82, 2.24) is 10.4 Å². The maximum Gasteiger partial charge on any atom is 0.408 e. The molecule has 0 aliphatic carbocycles. The molecule has 1 aliphatic rings. The third-order valence-electron chi connectivity index (χ3n) is 1.90. The summed E-state index contributed by atoms with van der Waals surface area (Å²) in [6.07, 6.45) is -0.579. The van der Waals surface area contributed by atoms with Gasteiger partial charge in [0.05, 0.1) is 0 Å². The third kappa shape index (κ3) is 3.25. The van der Waals surface area contributed by atoms with Gasteiger partial charge in [-0.15, -0.1) is 0 Å². The Morgan fingerprint density at radius 2 is 2.25 bits per heavy atom. The van der Waals surface area contributed by atoms with Crippen LogP contribution in [0.2, 0.25) is 0 Å². The number of rotatable bonds is 1. The zero-order valence-corrected chi connectivity index (χ0v) is 9.86. The van der Waals surface area contributed by atoms with Crippen molar-refractivity contribution in [1.29, 1.82) is 0 Å². The molecule has 6 nitrogen and oxygen atoms in total. The van der Waals surface area contributed by atoms with Crippen molar-refractivity contribution >= 4 is 12.0 Å². The van der Waals surface area contributed by atoms with E-state index in [0.717, 1.165) is 0 Å². The van der Waals surface area contributed by atoms with E-state index in [1.165, 1.54) is 5.06 Å². The number of ether oxygens (including phenoxy) is 1. The molecule has 1 atom stereocenters. The minimum atomic E-state index is -0.579. The fraction of sp³-hybridized carbons (Fsp3) is 0.700. The predicted octanol–water partition coefficient (Wildman–Crippen LogP) is 0.472. The van der Waals surface area contributed by atoms with E-state index in [2.05, 4.69) is 5.32 Å². The van der Waals surface area contributed by atoms with E-state index in [-0.39, 0.29) is 12.3 Å². The highest BCUT2D eigenvalue weighted by Crippen LogP contribution is 2.15. The molecule has 1 fully saturated rings. The number of alkyl carbamates (subject to hydrolysis) is 1. The molecule has 1 heterocycles. The Balaban J connectivity index is 2.56. The molecule has 1 amide bonds. The number of hydrogen-bond acceptors (Lipinski definition) is 5. The summed E-state index contributed by atoms with van der Waals surface area (Å²) < 4.78 is 5.06. The first-order valence-electron chi connectivity index (χ1n) is 4.94. The first-order chi connectivity index (χ1) is 7.33. The van der Waals surface area contributed by atoms with Crippen molar-refractivity contribution in [3.63, 3.8) is 0 Å². The zero-order chi connectivity index (χ0) is 12.3. The molecule has 0 aromatic carbocycles. The SMILES string of the molecule is CN1OC[C@H](NC(=O)OC(C)(C)C)C1=C=O. The molecule has 1 N–H and O–H groups in total. The number of amides is 1. The molecule has 0 aromatic heterocycles. The van der Waals surface area contributed by atoms with Gasteiger partial charge in [-0.2, -0.15) is 0 Å². The normalized spacial score (nSPS) is 20.6. The van der Waals surface area contributed by atoms with Gasteiger partial charge in [0.15, 0.2) is 5.94 Å². The molecule has 6 heteroatoms. The lowest BCUT2D eigenvalue weighted by Gasteiger charge is -2.21. The van der Waals surface area contributed by atoms with Crippen molar-refractivity contribution in [3.8, 4) is 0 Å². The van der Waals surface area contributed by atoms with Crippen molar-refractivity contribution < 1.29 is 19.2 Å². The van der Waals surface area contributed by atoms with E-state index >= 15 is 0 Å². The number of hydrogen-bond donors (Lipinski definition) is 1. The summed E-state index contributed by atoms with van der Waals surface area (Å²) in [4.78, 5) is 27.1. The Bertz CT molecular complexity index is 328. The second-order valence-corrected chi connectivity index (χ2v) is 4.48. The van der Waals surface area contributed by atoms with Crippen molar-refractivity contribution in [3.05, 3.63) is 5.70 Å². The molecule has 1 saturated heterocycles. The highest BCUT2D eigenvalue weighted by molar-refractivity contribution is 5.70. The number of nitrogens with one attached hydrogen (secondary N) is 1. The maximum absolute atomic E-state index is 11.4. The van der Waals surface area contributed by atoms with Crippen LogP contribution in [0.4, 0.5) is 4.79 Å². The summed E-state index contributed by atoms with van der Waals surface area (Å²) >= 11 is 0. The van der Waals surface area contributed by atoms with E-state index < -0.39 is 17.7 Å². The summed E-state index contributed by atoms with van der Waals surface area (Å²) in [6.45, 7) is 5.50. The summed E-state index contributed by atoms with van der Waals surface area (Å²) in [6, 6.07) is -0.502. The van der Waals surface area contributed by atoms with E-state index in [9.17, 15) is 9.59 Å². The Hall–Kier alpha value is -1.52. The molecule has 0 radical (unpaired) electrons. The van der Waals surface area contributed by atoms with Gasteiger partial charge >= 0.3 is 6.09 Å². The van der Waals surface area contributed by atoms with Crippen LogP contribution < -0.4 is 5.32 Å². The van der Waals surface area contributed by atoms with Crippen LogP contribution in [-0.2, 0) is 14.4 Å². The number of carbonyl (C=O) groups is 1. The fourth-order valence-corrected chi connectivity index (χ4v) is 1.25. The van der Waals surface area contributed by atoms with E-state index in [0.29, 0.717) is 0 Å². The maximum atomic E-state index is 11.4. The highest BCUT2D eigenvalue weighted by atomic mass is 16.7. The summed E-state index contributed by atoms with van der Waals surface area (Å²) in [5, 5.41) is 3.83. The molecule has 0 saturated carbocycles. The van der Waals surface area contributed by atoms with Crippen molar-refractivity contribution in [2.24, 2.45) is 0 Å². The van der Waals surface area contributed by atoms with E-state index in [4.69, 9.17) is 9.57 Å². The summed E-state index contributed by atoms with van der Waals surface area (Å²) in [7, 11) is 1.58. The van der Waals surface area contributed by atoms with Gasteiger partial charge in [0.25, 0.3) is 0 Å². The number of likely N-dealkylation sites (N-methyl/N-ethyl adjacent to an activating group) is 1. The van der Waals surface area contributed by atoms with Crippen LogP contribution in [-0.4, -0.2) is 42.4 Å². The zero-order valence-electron chi connectivity index (χ0n) is 9.86. The molecule has 0 aromatic rings. The summed E-state index contributed by atoms with van der Waals surface area (Å²) in [5.41, 5.74) is -0.314. The van der Waals surface area contributed by atoms with E-state index in [1.807, 2.05) is 0 Å². The Kier molecular flexibility index (Phi) is 3.57. The molecule has 1 aliphatic heterocycles. The van der Waals surface area contributed by atoms with Gasteiger partial charge in [0, 0.05) is 7.05 Å². The third-order valence-corrected chi connectivity index (χ3v) is 1.90. The largest absolute Gasteiger partial charge is 0.444 e. The number of nitrogens with zero attached hydrogens (tertiary/aromatic N) is 1. The highest BCUT2D eigenvalue weighted by Gasteiger charge is 2.30. The lowest BCUT2D eigenvalue weighted by molar-refractivity contribution is -0.0689. The average molecular weight is 228 g/mol. The van der Waals surface area contributed by atoms with Crippen LogP contribution in [0, 0.1) is 0 Å². The molecule has 0 unspecified atom stereocenters.